The number of carbonyl (C=O) groups is 1. The minimum Gasteiger partial charge on any atom is -0.497 e. The van der Waals surface area contributed by atoms with Gasteiger partial charge in [-0.15, -0.1) is 0 Å². The summed E-state index contributed by atoms with van der Waals surface area (Å²) in [6.07, 6.45) is 4.06. The Morgan fingerprint density at radius 3 is 2.38 bits per heavy atom. The predicted octanol–water partition coefficient (Wildman–Crippen LogP) is 4.07. The molecule has 8 heteroatoms. The molecule has 4 aromatic rings. The molecule has 0 saturated carbocycles. The van der Waals surface area contributed by atoms with Crippen molar-refractivity contribution in [3.63, 3.8) is 0 Å². The Balaban J connectivity index is 1.89. The SMILES string of the molecule is COc1ccc(Cn2ncc3c(-c4cc(OC(C)C)c(C=O)cc4OC)cn(C)c(=O)c32)cc1. The minimum absolute atomic E-state index is 0.118. The lowest BCUT2D eigenvalue weighted by Gasteiger charge is -2.17. The quantitative estimate of drug-likeness (QED) is 0.368. The molecule has 0 atom stereocenters. The molecule has 0 saturated heterocycles. The van der Waals surface area contributed by atoms with Crippen molar-refractivity contribution in [1.82, 2.24) is 14.3 Å². The molecule has 0 amide bonds. The van der Waals surface area contributed by atoms with Crippen molar-refractivity contribution in [2.45, 2.75) is 26.5 Å². The van der Waals surface area contributed by atoms with Crippen LogP contribution in [-0.2, 0) is 13.6 Å². The zero-order valence-corrected chi connectivity index (χ0v) is 19.9. The Labute approximate surface area is 197 Å². The Hall–Kier alpha value is -4.07. The van der Waals surface area contributed by atoms with Gasteiger partial charge in [-0.3, -0.25) is 14.3 Å². The topological polar surface area (TPSA) is 84.6 Å². The van der Waals surface area contributed by atoms with E-state index in [4.69, 9.17) is 14.2 Å². The lowest BCUT2D eigenvalue weighted by atomic mass is 10.0. The number of methoxy groups -OCH3 is 2. The van der Waals surface area contributed by atoms with E-state index in [0.29, 0.717) is 40.1 Å². The van der Waals surface area contributed by atoms with E-state index in [1.54, 1.807) is 50.5 Å². The van der Waals surface area contributed by atoms with Crippen molar-refractivity contribution in [2.75, 3.05) is 14.2 Å². The zero-order chi connectivity index (χ0) is 24.4. The summed E-state index contributed by atoms with van der Waals surface area (Å²) in [6, 6.07) is 11.1. The Kier molecular flexibility index (Phi) is 6.40. The van der Waals surface area contributed by atoms with E-state index in [1.165, 1.54) is 4.57 Å². The maximum atomic E-state index is 13.1. The first-order valence-corrected chi connectivity index (χ1v) is 10.9. The molecule has 2 aromatic heterocycles. The van der Waals surface area contributed by atoms with Gasteiger partial charge in [-0.2, -0.15) is 5.10 Å². The molecule has 0 radical (unpaired) electrons. The summed E-state index contributed by atoms with van der Waals surface area (Å²) in [5.41, 5.74) is 3.15. The number of benzene rings is 2. The summed E-state index contributed by atoms with van der Waals surface area (Å²) in [7, 11) is 4.87. The van der Waals surface area contributed by atoms with Crippen LogP contribution in [0.15, 0.2) is 53.6 Å². The highest BCUT2D eigenvalue weighted by atomic mass is 16.5. The van der Waals surface area contributed by atoms with Crippen molar-refractivity contribution < 1.29 is 19.0 Å². The van der Waals surface area contributed by atoms with Crippen LogP contribution in [-0.4, -0.2) is 41.0 Å². The summed E-state index contributed by atoms with van der Waals surface area (Å²) in [6.45, 7) is 4.22. The Morgan fingerprint density at radius 1 is 1.03 bits per heavy atom. The second-order valence-electron chi connectivity index (χ2n) is 8.25. The van der Waals surface area contributed by atoms with Gasteiger partial charge in [-0.25, -0.2) is 0 Å². The maximum Gasteiger partial charge on any atom is 0.276 e. The largest absolute Gasteiger partial charge is 0.497 e. The average molecular weight is 462 g/mol. The first-order valence-electron chi connectivity index (χ1n) is 10.9. The molecule has 0 aliphatic rings. The molecular formula is C26H27N3O5. The number of aryl methyl sites for hydroxylation is 1. The second kappa shape index (κ2) is 9.43. The van der Waals surface area contributed by atoms with E-state index in [0.717, 1.165) is 23.2 Å². The van der Waals surface area contributed by atoms with Crippen molar-refractivity contribution in [2.24, 2.45) is 7.05 Å². The molecule has 0 unspecified atom stereocenters. The van der Waals surface area contributed by atoms with Crippen LogP contribution >= 0.6 is 0 Å². The van der Waals surface area contributed by atoms with Crippen LogP contribution in [0.5, 0.6) is 17.2 Å². The smallest absolute Gasteiger partial charge is 0.276 e. The molecular weight excluding hydrogens is 434 g/mol. The number of aromatic nitrogens is 3. The lowest BCUT2D eigenvalue weighted by Crippen LogP contribution is -2.20. The van der Waals surface area contributed by atoms with Gasteiger partial charge in [-0.1, -0.05) is 12.1 Å². The van der Waals surface area contributed by atoms with Crippen molar-refractivity contribution in [3.8, 4) is 28.4 Å². The molecule has 4 rings (SSSR count). The van der Waals surface area contributed by atoms with E-state index < -0.39 is 0 Å². The van der Waals surface area contributed by atoms with Gasteiger partial charge in [0.25, 0.3) is 5.56 Å². The Bertz CT molecular complexity index is 1400. The third-order valence-corrected chi connectivity index (χ3v) is 5.58. The molecule has 0 fully saturated rings. The van der Waals surface area contributed by atoms with E-state index in [9.17, 15) is 9.59 Å². The van der Waals surface area contributed by atoms with Crippen molar-refractivity contribution in [3.05, 3.63) is 70.3 Å². The number of fused-ring (bicyclic) bond motifs is 1. The van der Waals surface area contributed by atoms with Gasteiger partial charge in [0.15, 0.2) is 6.29 Å². The normalized spacial score (nSPS) is 11.1. The average Bonchev–Trinajstić information content (AvgIpc) is 3.25. The third-order valence-electron chi connectivity index (χ3n) is 5.58. The fourth-order valence-corrected chi connectivity index (χ4v) is 3.94. The van der Waals surface area contributed by atoms with Crippen LogP contribution in [0.3, 0.4) is 0 Å². The first-order chi connectivity index (χ1) is 16.4. The van der Waals surface area contributed by atoms with Crippen LogP contribution in [0.2, 0.25) is 0 Å². The number of pyridine rings is 1. The van der Waals surface area contributed by atoms with E-state index in [2.05, 4.69) is 5.10 Å². The third kappa shape index (κ3) is 4.26. The van der Waals surface area contributed by atoms with Crippen LogP contribution in [0.25, 0.3) is 22.0 Å². The standard InChI is InChI=1S/C26H27N3O5/c1-16(2)34-23-11-20(24(33-5)10-18(23)15-30)22-14-28(3)26(31)25-21(22)12-27-29(25)13-17-6-8-19(32-4)9-7-17/h6-12,14-16H,13H2,1-5H3. The fourth-order valence-electron chi connectivity index (χ4n) is 3.94. The highest BCUT2D eigenvalue weighted by molar-refractivity contribution is 5.97. The number of ether oxygens (including phenoxy) is 3. The van der Waals surface area contributed by atoms with Gasteiger partial charge in [-0.05, 0) is 43.7 Å². The monoisotopic (exact) mass is 461 g/mol. The molecule has 176 valence electrons. The van der Waals surface area contributed by atoms with Gasteiger partial charge in [0, 0.05) is 29.8 Å². The molecule has 0 spiro atoms. The van der Waals surface area contributed by atoms with Gasteiger partial charge in [0.05, 0.1) is 38.6 Å². The number of hydrogen-bond donors (Lipinski definition) is 0. The van der Waals surface area contributed by atoms with Crippen LogP contribution in [0.4, 0.5) is 0 Å². The molecule has 2 heterocycles. The summed E-state index contributed by atoms with van der Waals surface area (Å²) in [4.78, 5) is 24.8. The molecule has 0 aliphatic carbocycles. The predicted molar refractivity (Wildman–Crippen MR) is 130 cm³/mol. The van der Waals surface area contributed by atoms with Gasteiger partial charge in [0.1, 0.15) is 22.8 Å². The molecule has 34 heavy (non-hydrogen) atoms. The minimum atomic E-state index is -0.160. The first kappa shape index (κ1) is 23.1. The summed E-state index contributed by atoms with van der Waals surface area (Å²) in [5.74, 6) is 1.71. The zero-order valence-electron chi connectivity index (χ0n) is 19.9. The van der Waals surface area contributed by atoms with Crippen LogP contribution in [0, 0.1) is 0 Å². The lowest BCUT2D eigenvalue weighted by molar-refractivity contribution is 0.111. The van der Waals surface area contributed by atoms with E-state index in [1.807, 2.05) is 38.1 Å². The van der Waals surface area contributed by atoms with Gasteiger partial charge in [0.2, 0.25) is 0 Å². The molecule has 2 aromatic carbocycles. The van der Waals surface area contributed by atoms with Gasteiger partial charge < -0.3 is 18.8 Å². The number of hydrogen-bond acceptors (Lipinski definition) is 6. The summed E-state index contributed by atoms with van der Waals surface area (Å²) in [5, 5.41) is 5.21. The highest BCUT2D eigenvalue weighted by Gasteiger charge is 2.20. The molecule has 0 aliphatic heterocycles. The van der Waals surface area contributed by atoms with Crippen LogP contribution < -0.4 is 19.8 Å². The van der Waals surface area contributed by atoms with Crippen molar-refractivity contribution >= 4 is 17.2 Å². The number of rotatable bonds is 8. The summed E-state index contributed by atoms with van der Waals surface area (Å²) >= 11 is 0. The van der Waals surface area contributed by atoms with E-state index >= 15 is 0 Å². The highest BCUT2D eigenvalue weighted by Crippen LogP contribution is 2.38. The molecule has 8 nitrogen and oxygen atoms in total. The van der Waals surface area contributed by atoms with Crippen molar-refractivity contribution in [1.29, 1.82) is 0 Å². The second-order valence-corrected chi connectivity index (χ2v) is 8.25. The number of aldehydes is 1. The van der Waals surface area contributed by atoms with Gasteiger partial charge >= 0.3 is 0 Å². The van der Waals surface area contributed by atoms with Crippen LogP contribution in [0.1, 0.15) is 29.8 Å². The molecule has 0 N–H and O–H groups in total. The van der Waals surface area contributed by atoms with E-state index in [-0.39, 0.29) is 11.7 Å². The summed E-state index contributed by atoms with van der Waals surface area (Å²) < 4.78 is 19.9. The molecule has 0 bridgehead atoms. The number of nitrogens with zero attached hydrogens (tertiary/aromatic N) is 3. The Morgan fingerprint density at radius 2 is 1.76 bits per heavy atom. The maximum absolute atomic E-state index is 13.1. The number of carbonyl (C=O) groups excluding carboxylic acids is 1. The fraction of sp³-hybridized carbons (Fsp3) is 0.269.